The minimum Gasteiger partial charge on any atom is -0.544 e. The molecule has 0 bridgehead atoms. The number of benzene rings is 2. The van der Waals surface area contributed by atoms with Crippen LogP contribution in [0.5, 0.6) is 0 Å². The van der Waals surface area contributed by atoms with Gasteiger partial charge in [-0.1, -0.05) is 23.7 Å². The fraction of sp³-hybridized carbons (Fsp3) is 0.417. The molecule has 0 unspecified atom stereocenters. The second kappa shape index (κ2) is 14.6. The molecular weight excluding hydrogens is 605 g/mol. The molecule has 6 atom stereocenters. The molecule has 5 N–H and O–H groups in total. The first kappa shape index (κ1) is 35.4. The van der Waals surface area contributed by atoms with Gasteiger partial charge in [-0.3, -0.25) is 4.79 Å². The van der Waals surface area contributed by atoms with E-state index in [1.165, 1.54) is 24.3 Å². The molecule has 1 fully saturated rings. The molecule has 1 saturated heterocycles. The van der Waals surface area contributed by atoms with Gasteiger partial charge in [0.25, 0.3) is 5.91 Å². The van der Waals surface area contributed by atoms with Gasteiger partial charge in [0.15, 0.2) is 11.6 Å². The summed E-state index contributed by atoms with van der Waals surface area (Å²) in [5.74, 6) is -8.26. The van der Waals surface area contributed by atoms with Gasteiger partial charge in [-0.05, 0) is 30.3 Å². The van der Waals surface area contributed by atoms with Crippen molar-refractivity contribution in [2.75, 3.05) is 12.8 Å². The van der Waals surface area contributed by atoms with Gasteiger partial charge in [0.1, 0.15) is 18.2 Å². The summed E-state index contributed by atoms with van der Waals surface area (Å²) >= 11 is 5.78. The molecule has 220 valence electrons. The number of hydrogen-bond acceptors (Lipinski definition) is 10. The number of aliphatic carboxylic acids is 1. The van der Waals surface area contributed by atoms with Crippen molar-refractivity contribution in [1.29, 1.82) is 0 Å². The first-order valence-electron chi connectivity index (χ1n) is 11.6. The fourth-order valence-electron chi connectivity index (χ4n) is 4.02. The molecular formula is C24H26ClF2N2NaO10S. The van der Waals surface area contributed by atoms with Crippen molar-refractivity contribution >= 4 is 33.5 Å². The Bertz CT molecular complexity index is 1340. The van der Waals surface area contributed by atoms with Crippen LogP contribution in [0.3, 0.4) is 0 Å². The molecule has 1 amide bonds. The molecule has 12 nitrogen and oxygen atoms in total. The number of aliphatic hydroxyl groups is 3. The summed E-state index contributed by atoms with van der Waals surface area (Å²) in [4.78, 5) is 24.5. The maximum Gasteiger partial charge on any atom is 1.00 e. The summed E-state index contributed by atoms with van der Waals surface area (Å²) in [6.45, 7) is -1.52. The third kappa shape index (κ3) is 9.11. The van der Waals surface area contributed by atoms with Crippen LogP contribution >= 0.6 is 11.6 Å². The number of aliphatic hydroxyl groups excluding tert-OH is 3. The number of carbonyl (C=O) groups is 2. The molecule has 0 radical (unpaired) electrons. The number of carbonyl (C=O) groups excluding carboxylic acids is 2. The fourth-order valence-corrected chi connectivity index (χ4v) is 4.93. The van der Waals surface area contributed by atoms with Crippen LogP contribution in [0.15, 0.2) is 42.5 Å². The van der Waals surface area contributed by atoms with Crippen molar-refractivity contribution in [3.63, 3.8) is 0 Å². The van der Waals surface area contributed by atoms with E-state index in [4.69, 9.17) is 21.1 Å². The van der Waals surface area contributed by atoms with Crippen LogP contribution in [0.4, 0.5) is 8.78 Å². The predicted molar refractivity (Wildman–Crippen MR) is 132 cm³/mol. The van der Waals surface area contributed by atoms with Crippen molar-refractivity contribution in [3.8, 4) is 0 Å². The number of rotatable bonds is 11. The maximum absolute atomic E-state index is 14.1. The minimum atomic E-state index is -4.10. The van der Waals surface area contributed by atoms with Crippen LogP contribution in [0.25, 0.3) is 0 Å². The number of amides is 1. The second-order valence-corrected chi connectivity index (χ2v) is 11.3. The Labute approximate surface area is 260 Å². The molecule has 1 aliphatic rings. The topological polar surface area (TPSA) is 195 Å². The average molecular weight is 631 g/mol. The van der Waals surface area contributed by atoms with E-state index in [0.29, 0.717) is 5.02 Å². The van der Waals surface area contributed by atoms with Gasteiger partial charge in [-0.25, -0.2) is 21.9 Å². The number of hydrogen-bond donors (Lipinski definition) is 5. The molecule has 41 heavy (non-hydrogen) atoms. The number of ether oxygens (including phenoxy) is 2. The summed E-state index contributed by atoms with van der Waals surface area (Å²) < 4.78 is 64.2. The van der Waals surface area contributed by atoms with Gasteiger partial charge < -0.3 is 40.0 Å². The van der Waals surface area contributed by atoms with E-state index in [0.717, 1.165) is 24.5 Å². The zero-order valence-corrected chi connectivity index (χ0v) is 25.4. The first-order chi connectivity index (χ1) is 18.6. The Balaban J connectivity index is 0.00000588. The van der Waals surface area contributed by atoms with E-state index < -0.39 is 94.9 Å². The molecule has 0 spiro atoms. The van der Waals surface area contributed by atoms with Gasteiger partial charge in [-0.2, -0.15) is 0 Å². The predicted octanol–water partition coefficient (Wildman–Crippen LogP) is -4.20. The number of halogens is 3. The molecule has 2 aromatic rings. The molecule has 0 aromatic heterocycles. The Morgan fingerprint density at radius 2 is 1.85 bits per heavy atom. The molecule has 17 heteroatoms. The van der Waals surface area contributed by atoms with Gasteiger partial charge in [0.05, 0.1) is 31.1 Å². The summed E-state index contributed by atoms with van der Waals surface area (Å²) in [6, 6.07) is 6.98. The Morgan fingerprint density at radius 1 is 1.22 bits per heavy atom. The zero-order valence-electron chi connectivity index (χ0n) is 21.8. The summed E-state index contributed by atoms with van der Waals surface area (Å²) in [5, 5.41) is 47.0. The molecule has 1 aliphatic heterocycles. The Morgan fingerprint density at radius 3 is 2.44 bits per heavy atom. The Hall–Kier alpha value is -1.76. The maximum atomic E-state index is 14.1. The van der Waals surface area contributed by atoms with Crippen molar-refractivity contribution in [2.45, 2.75) is 49.3 Å². The summed E-state index contributed by atoms with van der Waals surface area (Å²) in [5.41, 5.74) is -0.266. The van der Waals surface area contributed by atoms with Crippen LogP contribution in [-0.2, 0) is 30.9 Å². The molecule has 1 heterocycles. The van der Waals surface area contributed by atoms with Gasteiger partial charge in [0, 0.05) is 29.1 Å². The van der Waals surface area contributed by atoms with E-state index >= 15 is 0 Å². The van der Waals surface area contributed by atoms with E-state index in [-0.39, 0.29) is 35.1 Å². The SMILES string of the molecule is CS(=O)(=O)N[C@H]1[C@H]([C@@H](O)[C@H](O)CNC(=O)c2ccc(Cl)cc2)O[C@@](OCc2cccc(F)c2F)(C(=O)[O-])C[C@@H]1O.[Na+]. The molecule has 0 aliphatic carbocycles. The zero-order chi connectivity index (χ0) is 29.8. The van der Waals surface area contributed by atoms with E-state index in [2.05, 4.69) is 5.32 Å². The molecule has 3 rings (SSSR count). The van der Waals surface area contributed by atoms with E-state index in [9.17, 15) is 47.2 Å². The normalized spacial score (nSPS) is 24.1. The third-order valence-corrected chi connectivity index (χ3v) is 6.99. The quantitative estimate of drug-likeness (QED) is 0.152. The van der Waals surface area contributed by atoms with Crippen molar-refractivity contribution in [3.05, 3.63) is 70.2 Å². The van der Waals surface area contributed by atoms with Gasteiger partial charge in [0.2, 0.25) is 15.8 Å². The van der Waals surface area contributed by atoms with Crippen LogP contribution < -0.4 is 44.7 Å². The van der Waals surface area contributed by atoms with E-state index in [1.54, 1.807) is 0 Å². The van der Waals surface area contributed by atoms with E-state index in [1.807, 2.05) is 4.72 Å². The summed E-state index contributed by atoms with van der Waals surface area (Å²) in [7, 11) is -4.10. The van der Waals surface area contributed by atoms with Crippen molar-refractivity contribution in [1.82, 2.24) is 10.0 Å². The van der Waals surface area contributed by atoms with Crippen molar-refractivity contribution < 1.29 is 86.2 Å². The first-order valence-corrected chi connectivity index (χ1v) is 13.9. The minimum absolute atomic E-state index is 0. The standard InChI is InChI=1S/C24H27ClF2N2O10S.Na/c1-40(36,37)29-19-16(30)9-24(23(34)35,38-11-13-3-2-4-15(26)18(13)27)39-21(19)20(32)17(31)10-28-22(33)12-5-7-14(25)8-6-12;/h2-8,16-17,19-21,29-32H,9-11H2,1H3,(H,28,33)(H,34,35);/q;+1/p-1/t16-,17+,19+,20-,21+,24+;/m0./s1. The van der Waals surface area contributed by atoms with Gasteiger partial charge >= 0.3 is 29.6 Å². The van der Waals surface area contributed by atoms with Crippen LogP contribution in [0.2, 0.25) is 5.02 Å². The number of sulfonamides is 1. The smallest absolute Gasteiger partial charge is 0.544 e. The monoisotopic (exact) mass is 630 g/mol. The van der Waals surface area contributed by atoms with Crippen LogP contribution in [-0.4, -0.2) is 84.7 Å². The molecule has 0 saturated carbocycles. The van der Waals surface area contributed by atoms with Crippen LogP contribution in [0, 0.1) is 11.6 Å². The number of carboxylic acid groups (broad SMARTS) is 1. The van der Waals surface area contributed by atoms with Crippen LogP contribution in [0.1, 0.15) is 22.3 Å². The second-order valence-electron chi connectivity index (χ2n) is 9.09. The molecule has 2 aromatic carbocycles. The third-order valence-electron chi connectivity index (χ3n) is 6.04. The van der Waals surface area contributed by atoms with Crippen molar-refractivity contribution in [2.24, 2.45) is 0 Å². The Kier molecular flexibility index (Phi) is 12.6. The summed E-state index contributed by atoms with van der Waals surface area (Å²) in [6.07, 6.45) is -8.18. The average Bonchev–Trinajstić information content (AvgIpc) is 2.88. The number of carboxylic acids is 1. The largest absolute Gasteiger partial charge is 1.00 e. The van der Waals surface area contributed by atoms with Gasteiger partial charge in [-0.15, -0.1) is 0 Å². The number of nitrogens with one attached hydrogen (secondary N) is 2.